The van der Waals surface area contributed by atoms with Crippen molar-refractivity contribution in [2.24, 2.45) is 5.92 Å². The Morgan fingerprint density at radius 3 is 2.68 bits per heavy atom. The molecule has 0 spiro atoms. The summed E-state index contributed by atoms with van der Waals surface area (Å²) in [5, 5.41) is 0. The number of likely N-dealkylation sites (tertiary alicyclic amines) is 2. The van der Waals surface area contributed by atoms with E-state index in [4.69, 9.17) is 9.47 Å². The highest BCUT2D eigenvalue weighted by molar-refractivity contribution is 5.74. The van der Waals surface area contributed by atoms with Gasteiger partial charge in [-0.25, -0.2) is 4.79 Å². The van der Waals surface area contributed by atoms with Gasteiger partial charge in [-0.15, -0.1) is 0 Å². The molecule has 1 atom stereocenters. The van der Waals surface area contributed by atoms with Crippen LogP contribution in [0.1, 0.15) is 54.8 Å². The Morgan fingerprint density at radius 2 is 1.96 bits per heavy atom. The summed E-state index contributed by atoms with van der Waals surface area (Å²) in [7, 11) is 1.46. The lowest BCUT2D eigenvalue weighted by Crippen LogP contribution is -2.51. The van der Waals surface area contributed by atoms with Gasteiger partial charge in [-0.2, -0.15) is 0 Å². The number of hydrogen-bond acceptors (Lipinski definition) is 5. The van der Waals surface area contributed by atoms with Crippen molar-refractivity contribution >= 4 is 12.1 Å². The molecule has 6 nitrogen and oxygen atoms in total. The van der Waals surface area contributed by atoms with Crippen LogP contribution in [0, 0.1) is 5.92 Å². The molecule has 3 aliphatic rings. The fourth-order valence-electron chi connectivity index (χ4n) is 4.56. The molecule has 152 valence electrons. The maximum absolute atomic E-state index is 12.0. The van der Waals surface area contributed by atoms with E-state index in [1.54, 1.807) is 4.90 Å². The number of nitrogens with zero attached hydrogens (tertiary/aromatic N) is 2. The first-order valence-electron chi connectivity index (χ1n) is 10.5. The Labute approximate surface area is 166 Å². The van der Waals surface area contributed by atoms with E-state index >= 15 is 0 Å². The third-order valence-corrected chi connectivity index (χ3v) is 6.43. The van der Waals surface area contributed by atoms with E-state index in [-0.39, 0.29) is 18.0 Å². The molecule has 2 heterocycles. The molecule has 1 amide bonds. The number of fused-ring (bicyclic) bond motifs is 1. The zero-order valence-corrected chi connectivity index (χ0v) is 16.9. The number of hydrogen-bond donors (Lipinski definition) is 0. The van der Waals surface area contributed by atoms with Crippen LogP contribution >= 0.6 is 0 Å². The van der Waals surface area contributed by atoms with Crippen molar-refractivity contribution in [1.29, 1.82) is 0 Å². The number of ether oxygens (including phenoxy) is 2. The molecule has 1 aliphatic carbocycles. The summed E-state index contributed by atoms with van der Waals surface area (Å²) in [5.41, 5.74) is 4.16. The lowest BCUT2D eigenvalue weighted by molar-refractivity contribution is -0.152. The van der Waals surface area contributed by atoms with Crippen molar-refractivity contribution in [3.63, 3.8) is 0 Å². The molecule has 1 unspecified atom stereocenters. The van der Waals surface area contributed by atoms with Crippen molar-refractivity contribution in [2.75, 3.05) is 39.9 Å². The molecule has 6 heteroatoms. The highest BCUT2D eigenvalue weighted by atomic mass is 16.6. The van der Waals surface area contributed by atoms with Crippen molar-refractivity contribution < 1.29 is 19.1 Å². The first kappa shape index (κ1) is 19.2. The predicted molar refractivity (Wildman–Crippen MR) is 105 cm³/mol. The van der Waals surface area contributed by atoms with Gasteiger partial charge in [0.15, 0.2) is 0 Å². The number of carbonyl (C=O) groups excluding carboxylic acids is 2. The summed E-state index contributed by atoms with van der Waals surface area (Å²) < 4.78 is 10.1. The maximum atomic E-state index is 12.0. The molecular formula is C22H30N2O4. The van der Waals surface area contributed by atoms with Gasteiger partial charge in [0.25, 0.3) is 0 Å². The molecule has 0 saturated carbocycles. The van der Waals surface area contributed by atoms with E-state index in [9.17, 15) is 9.59 Å². The average Bonchev–Trinajstić information content (AvgIpc) is 3.02. The summed E-state index contributed by atoms with van der Waals surface area (Å²) in [6, 6.07) is 7.24. The van der Waals surface area contributed by atoms with Gasteiger partial charge in [0.05, 0.1) is 19.6 Å². The fraction of sp³-hybridized carbons (Fsp3) is 0.636. The van der Waals surface area contributed by atoms with Crippen molar-refractivity contribution in [3.8, 4) is 0 Å². The molecule has 2 saturated heterocycles. The van der Waals surface area contributed by atoms with E-state index in [1.807, 2.05) is 0 Å². The van der Waals surface area contributed by atoms with Gasteiger partial charge in [-0.1, -0.05) is 31.5 Å². The number of methoxy groups -OCH3 is 1. The highest BCUT2D eigenvalue weighted by Gasteiger charge is 2.40. The third kappa shape index (κ3) is 3.62. The number of amides is 1. The van der Waals surface area contributed by atoms with Crippen LogP contribution in [-0.2, 0) is 20.7 Å². The van der Waals surface area contributed by atoms with Gasteiger partial charge in [0.2, 0.25) is 0 Å². The molecule has 1 aromatic carbocycles. The summed E-state index contributed by atoms with van der Waals surface area (Å²) >= 11 is 0. The standard InChI is InChI=1S/C22H30N2O4/c1-3-4-9-28-22(26)24-11-17(12-24)15-5-7-19-16(10-15)6-8-20(19)23-13-18(14-23)21(25)27-2/h5,7,10,17-18,20H,3-4,6,8-9,11-14H2,1-2H3. The molecule has 0 aromatic heterocycles. The van der Waals surface area contributed by atoms with Gasteiger partial charge in [-0.05, 0) is 36.0 Å². The monoisotopic (exact) mass is 386 g/mol. The van der Waals surface area contributed by atoms with Crippen LogP contribution in [0.5, 0.6) is 0 Å². The molecule has 28 heavy (non-hydrogen) atoms. The fourth-order valence-corrected chi connectivity index (χ4v) is 4.56. The summed E-state index contributed by atoms with van der Waals surface area (Å²) in [5.74, 6) is 0.356. The number of esters is 1. The van der Waals surface area contributed by atoms with Crippen molar-refractivity contribution in [3.05, 3.63) is 34.9 Å². The van der Waals surface area contributed by atoms with Crippen LogP contribution in [0.2, 0.25) is 0 Å². The van der Waals surface area contributed by atoms with Crippen LogP contribution in [0.25, 0.3) is 0 Å². The van der Waals surface area contributed by atoms with Gasteiger partial charge in [0.1, 0.15) is 0 Å². The zero-order chi connectivity index (χ0) is 19.7. The Bertz CT molecular complexity index is 738. The van der Waals surface area contributed by atoms with Gasteiger partial charge in [-0.3, -0.25) is 9.69 Å². The molecule has 2 aliphatic heterocycles. The van der Waals surface area contributed by atoms with Crippen LogP contribution < -0.4 is 0 Å². The second kappa shape index (κ2) is 8.11. The quantitative estimate of drug-likeness (QED) is 0.555. The van der Waals surface area contributed by atoms with Crippen LogP contribution in [-0.4, -0.2) is 61.8 Å². The maximum Gasteiger partial charge on any atom is 0.409 e. The van der Waals surface area contributed by atoms with Crippen LogP contribution in [0.15, 0.2) is 18.2 Å². The first-order valence-corrected chi connectivity index (χ1v) is 10.5. The minimum absolute atomic E-state index is 0.0337. The SMILES string of the molecule is CCCCOC(=O)N1CC(c2ccc3c(c2)CCC3N2CC(C(=O)OC)C2)C1. The minimum atomic E-state index is -0.177. The largest absolute Gasteiger partial charge is 0.469 e. The van der Waals surface area contributed by atoms with Crippen molar-refractivity contribution in [2.45, 2.75) is 44.6 Å². The number of benzene rings is 1. The molecular weight excluding hydrogens is 356 g/mol. The Kier molecular flexibility index (Phi) is 5.58. The normalized spacial score (nSPS) is 22.4. The Hall–Kier alpha value is -2.08. The highest BCUT2D eigenvalue weighted by Crippen LogP contribution is 2.41. The molecule has 0 bridgehead atoms. The average molecular weight is 386 g/mol. The Morgan fingerprint density at radius 1 is 1.18 bits per heavy atom. The summed E-state index contributed by atoms with van der Waals surface area (Å²) in [4.78, 5) is 27.8. The van der Waals surface area contributed by atoms with Gasteiger partial charge >= 0.3 is 12.1 Å². The van der Waals surface area contributed by atoms with E-state index in [1.165, 1.54) is 23.8 Å². The minimum Gasteiger partial charge on any atom is -0.469 e. The smallest absolute Gasteiger partial charge is 0.409 e. The number of aryl methyl sites for hydroxylation is 1. The predicted octanol–water partition coefficient (Wildman–Crippen LogP) is 3.11. The summed E-state index contributed by atoms with van der Waals surface area (Å²) in [6.07, 6.45) is 3.98. The summed E-state index contributed by atoms with van der Waals surface area (Å²) in [6.45, 7) is 5.71. The van der Waals surface area contributed by atoms with E-state index in [0.717, 1.165) is 51.9 Å². The molecule has 1 aromatic rings. The van der Waals surface area contributed by atoms with E-state index in [0.29, 0.717) is 18.6 Å². The lowest BCUT2D eigenvalue weighted by Gasteiger charge is -2.42. The van der Waals surface area contributed by atoms with Crippen molar-refractivity contribution in [1.82, 2.24) is 9.80 Å². The zero-order valence-electron chi connectivity index (χ0n) is 16.9. The second-order valence-electron chi connectivity index (χ2n) is 8.26. The second-order valence-corrected chi connectivity index (χ2v) is 8.26. The lowest BCUT2D eigenvalue weighted by atomic mass is 9.89. The van der Waals surface area contributed by atoms with Crippen LogP contribution in [0.3, 0.4) is 0 Å². The topological polar surface area (TPSA) is 59.1 Å². The number of carbonyl (C=O) groups is 2. The third-order valence-electron chi connectivity index (χ3n) is 6.43. The van der Waals surface area contributed by atoms with E-state index < -0.39 is 0 Å². The molecule has 0 radical (unpaired) electrons. The van der Waals surface area contributed by atoms with Gasteiger partial charge in [0, 0.05) is 38.1 Å². The Balaban J connectivity index is 1.30. The molecule has 0 N–H and O–H groups in total. The number of unbranched alkanes of at least 4 members (excludes halogenated alkanes) is 1. The van der Waals surface area contributed by atoms with Crippen LogP contribution in [0.4, 0.5) is 4.79 Å². The molecule has 2 fully saturated rings. The van der Waals surface area contributed by atoms with Gasteiger partial charge < -0.3 is 14.4 Å². The molecule has 4 rings (SSSR count). The van der Waals surface area contributed by atoms with E-state index in [2.05, 4.69) is 30.0 Å². The number of rotatable bonds is 6. The first-order chi connectivity index (χ1) is 13.6.